The summed E-state index contributed by atoms with van der Waals surface area (Å²) in [6.45, 7) is 3.91. The zero-order valence-electron chi connectivity index (χ0n) is 10.1. The third-order valence-electron chi connectivity index (χ3n) is 2.25. The molecule has 0 aromatic carbocycles. The average Bonchev–Trinajstić information content (AvgIpc) is 2.77. The number of aryl methyl sites for hydroxylation is 1. The maximum atomic E-state index is 10.6. The van der Waals surface area contributed by atoms with Gasteiger partial charge in [0, 0.05) is 12.6 Å². The summed E-state index contributed by atoms with van der Waals surface area (Å²) < 4.78 is 36.9. The van der Waals surface area contributed by atoms with Crippen molar-refractivity contribution in [3.63, 3.8) is 0 Å². The first-order chi connectivity index (χ1) is 8.80. The van der Waals surface area contributed by atoms with E-state index >= 15 is 0 Å². The van der Waals surface area contributed by atoms with Crippen molar-refractivity contribution in [1.82, 2.24) is 10.5 Å². The van der Waals surface area contributed by atoms with E-state index in [1.807, 2.05) is 13.0 Å². The topological polar surface area (TPSA) is 75.4 Å². The van der Waals surface area contributed by atoms with E-state index in [9.17, 15) is 13.2 Å². The minimum atomic E-state index is -5.08. The van der Waals surface area contributed by atoms with Gasteiger partial charge in [0.25, 0.3) is 0 Å². The van der Waals surface area contributed by atoms with Crippen molar-refractivity contribution < 1.29 is 27.6 Å². The summed E-state index contributed by atoms with van der Waals surface area (Å²) in [7, 11) is 0. The lowest BCUT2D eigenvalue weighted by Gasteiger charge is -2.10. The number of hydrogen-bond donors (Lipinski definition) is 2. The molecule has 0 radical (unpaired) electrons. The van der Waals surface area contributed by atoms with E-state index in [1.165, 1.54) is 5.57 Å². The first-order valence-electron chi connectivity index (χ1n) is 5.44. The molecule has 0 unspecified atom stereocenters. The molecule has 0 spiro atoms. The van der Waals surface area contributed by atoms with Gasteiger partial charge in [-0.2, -0.15) is 13.2 Å². The number of aliphatic carboxylic acids is 1. The number of nitrogens with zero attached hydrogens (tertiary/aromatic N) is 1. The fourth-order valence-electron chi connectivity index (χ4n) is 1.36. The van der Waals surface area contributed by atoms with Gasteiger partial charge in [-0.15, -0.1) is 0 Å². The molecule has 2 rings (SSSR count). The molecule has 0 fully saturated rings. The first kappa shape index (κ1) is 15.2. The maximum Gasteiger partial charge on any atom is 0.490 e. The Bertz CT molecular complexity index is 466. The predicted molar refractivity (Wildman–Crippen MR) is 60.4 cm³/mol. The summed E-state index contributed by atoms with van der Waals surface area (Å²) in [5.74, 6) is -1.83. The molecule has 1 aromatic rings. The SMILES string of the molecule is Cc1cc(C2=CCNCC2)on1.O=C(O)C(F)(F)F. The number of carbonyl (C=O) groups is 1. The van der Waals surface area contributed by atoms with Crippen LogP contribution in [0.25, 0.3) is 5.57 Å². The molecule has 0 saturated carbocycles. The maximum absolute atomic E-state index is 10.6. The van der Waals surface area contributed by atoms with Gasteiger partial charge in [0.1, 0.15) is 0 Å². The summed E-state index contributed by atoms with van der Waals surface area (Å²) >= 11 is 0. The van der Waals surface area contributed by atoms with Crippen LogP contribution in [0, 0.1) is 6.92 Å². The highest BCUT2D eigenvalue weighted by atomic mass is 19.4. The molecule has 8 heteroatoms. The van der Waals surface area contributed by atoms with Crippen LogP contribution in [0.2, 0.25) is 0 Å². The van der Waals surface area contributed by atoms with Crippen LogP contribution in [0.5, 0.6) is 0 Å². The highest BCUT2D eigenvalue weighted by Crippen LogP contribution is 2.19. The fourth-order valence-corrected chi connectivity index (χ4v) is 1.36. The van der Waals surface area contributed by atoms with E-state index in [2.05, 4.69) is 16.5 Å². The summed E-state index contributed by atoms with van der Waals surface area (Å²) in [5, 5.41) is 14.2. The fraction of sp³-hybridized carbons (Fsp3) is 0.455. The van der Waals surface area contributed by atoms with Gasteiger partial charge in [-0.25, -0.2) is 4.79 Å². The second kappa shape index (κ2) is 6.37. The lowest BCUT2D eigenvalue weighted by molar-refractivity contribution is -0.192. The van der Waals surface area contributed by atoms with E-state index in [1.54, 1.807) is 0 Å². The average molecular weight is 278 g/mol. The van der Waals surface area contributed by atoms with Gasteiger partial charge in [0.05, 0.1) is 5.69 Å². The van der Waals surface area contributed by atoms with Crippen LogP contribution in [0.1, 0.15) is 17.9 Å². The molecular weight excluding hydrogens is 265 g/mol. The van der Waals surface area contributed by atoms with Gasteiger partial charge in [-0.3, -0.25) is 0 Å². The number of carboxylic acids is 1. The second-order valence-electron chi connectivity index (χ2n) is 3.82. The van der Waals surface area contributed by atoms with Crippen molar-refractivity contribution in [2.24, 2.45) is 0 Å². The number of halogens is 3. The van der Waals surface area contributed by atoms with Gasteiger partial charge in [0.15, 0.2) is 5.76 Å². The Morgan fingerprint density at radius 2 is 2.16 bits per heavy atom. The third kappa shape index (κ3) is 5.12. The van der Waals surface area contributed by atoms with Gasteiger partial charge < -0.3 is 14.9 Å². The van der Waals surface area contributed by atoms with Crippen LogP contribution in [0.4, 0.5) is 13.2 Å². The minimum absolute atomic E-state index is 0.925. The number of hydrogen-bond acceptors (Lipinski definition) is 4. The monoisotopic (exact) mass is 278 g/mol. The Morgan fingerprint density at radius 3 is 2.53 bits per heavy atom. The van der Waals surface area contributed by atoms with Crippen molar-refractivity contribution in [2.45, 2.75) is 19.5 Å². The Balaban J connectivity index is 0.000000224. The van der Waals surface area contributed by atoms with Gasteiger partial charge in [-0.1, -0.05) is 11.2 Å². The summed E-state index contributed by atoms with van der Waals surface area (Å²) in [6.07, 6.45) is -1.89. The van der Waals surface area contributed by atoms with Crippen LogP contribution in [0.15, 0.2) is 16.7 Å². The molecular formula is C11H13F3N2O3. The smallest absolute Gasteiger partial charge is 0.475 e. The predicted octanol–water partition coefficient (Wildman–Crippen LogP) is 1.99. The summed E-state index contributed by atoms with van der Waals surface area (Å²) in [4.78, 5) is 8.90. The zero-order valence-corrected chi connectivity index (χ0v) is 10.1. The number of aromatic nitrogens is 1. The van der Waals surface area contributed by atoms with E-state index in [0.717, 1.165) is 31.0 Å². The largest absolute Gasteiger partial charge is 0.490 e. The van der Waals surface area contributed by atoms with Crippen LogP contribution in [-0.2, 0) is 4.79 Å². The molecule has 0 amide bonds. The first-order valence-corrected chi connectivity index (χ1v) is 5.44. The van der Waals surface area contributed by atoms with E-state index in [0.29, 0.717) is 0 Å². The molecule has 0 saturated heterocycles. The van der Waals surface area contributed by atoms with E-state index < -0.39 is 12.1 Å². The number of alkyl halides is 3. The third-order valence-corrected chi connectivity index (χ3v) is 2.25. The van der Waals surface area contributed by atoms with Gasteiger partial charge in [0.2, 0.25) is 0 Å². The normalized spacial score (nSPS) is 15.3. The van der Waals surface area contributed by atoms with Gasteiger partial charge in [-0.05, 0) is 25.5 Å². The molecule has 0 atom stereocenters. The lowest BCUT2D eigenvalue weighted by atomic mass is 10.1. The Hall–Kier alpha value is -1.83. The Morgan fingerprint density at radius 1 is 1.53 bits per heavy atom. The van der Waals surface area contributed by atoms with Crippen molar-refractivity contribution in [3.05, 3.63) is 23.6 Å². The van der Waals surface area contributed by atoms with Crippen LogP contribution < -0.4 is 5.32 Å². The molecule has 0 bridgehead atoms. The number of carboxylic acid groups (broad SMARTS) is 1. The van der Waals surface area contributed by atoms with Crippen molar-refractivity contribution in [2.75, 3.05) is 13.1 Å². The second-order valence-corrected chi connectivity index (χ2v) is 3.82. The van der Waals surface area contributed by atoms with Gasteiger partial charge >= 0.3 is 12.1 Å². The molecule has 1 aromatic heterocycles. The van der Waals surface area contributed by atoms with Crippen molar-refractivity contribution >= 4 is 11.5 Å². The van der Waals surface area contributed by atoms with Crippen LogP contribution in [-0.4, -0.2) is 35.5 Å². The molecule has 106 valence electrons. The number of nitrogens with one attached hydrogen (secondary N) is 1. The quantitative estimate of drug-likeness (QED) is 0.821. The van der Waals surface area contributed by atoms with Crippen LogP contribution >= 0.6 is 0 Å². The molecule has 0 aliphatic carbocycles. The number of rotatable bonds is 1. The molecule has 1 aliphatic heterocycles. The van der Waals surface area contributed by atoms with E-state index in [4.69, 9.17) is 14.4 Å². The molecule has 2 N–H and O–H groups in total. The summed E-state index contributed by atoms with van der Waals surface area (Å²) in [6, 6.07) is 1.98. The van der Waals surface area contributed by atoms with Crippen molar-refractivity contribution in [3.8, 4) is 0 Å². The highest BCUT2D eigenvalue weighted by Gasteiger charge is 2.38. The Kier molecular flexibility index (Phi) is 5.11. The molecule has 19 heavy (non-hydrogen) atoms. The molecule has 2 heterocycles. The zero-order chi connectivity index (χ0) is 14.5. The standard InChI is InChI=1S/C9H12N2O.C2HF3O2/c1-7-6-9(12-11-7)8-2-4-10-5-3-8;3-2(4,5)1(6)7/h2,6,10H,3-5H2,1H3;(H,6,7). The highest BCUT2D eigenvalue weighted by molar-refractivity contribution is 5.73. The minimum Gasteiger partial charge on any atom is -0.475 e. The summed E-state index contributed by atoms with van der Waals surface area (Å²) in [5.41, 5.74) is 2.22. The molecule has 5 nitrogen and oxygen atoms in total. The van der Waals surface area contributed by atoms with Crippen molar-refractivity contribution in [1.29, 1.82) is 0 Å². The van der Waals surface area contributed by atoms with Crippen LogP contribution in [0.3, 0.4) is 0 Å². The van der Waals surface area contributed by atoms with E-state index in [-0.39, 0.29) is 0 Å². The molecule has 1 aliphatic rings. The Labute approximate surface area is 107 Å². The lowest BCUT2D eigenvalue weighted by Crippen LogP contribution is -2.21.